The second-order valence-electron chi connectivity index (χ2n) is 11.9. The number of aliphatic hydroxyl groups excluding tert-OH is 12. The Labute approximate surface area is 267 Å². The second-order valence-corrected chi connectivity index (χ2v) is 11.9. The van der Waals surface area contributed by atoms with Gasteiger partial charge in [-0.1, -0.05) is 0 Å². The molecule has 20 atom stereocenters. The summed E-state index contributed by atoms with van der Waals surface area (Å²) in [5, 5.41) is 126. The van der Waals surface area contributed by atoms with Crippen molar-refractivity contribution in [3.8, 4) is 0 Å². The highest BCUT2D eigenvalue weighted by Gasteiger charge is 2.56. The number of amides is 1. The fraction of sp³-hybridized carbons (Fsp3) is 0.962. The average Bonchev–Trinajstić information content (AvgIpc) is 3.03. The van der Waals surface area contributed by atoms with E-state index in [4.69, 9.17) is 33.2 Å². The van der Waals surface area contributed by atoms with Crippen molar-refractivity contribution in [3.05, 3.63) is 0 Å². The van der Waals surface area contributed by atoms with E-state index in [1.807, 2.05) is 0 Å². The van der Waals surface area contributed by atoms with Crippen molar-refractivity contribution >= 4 is 5.91 Å². The smallest absolute Gasteiger partial charge is 0.217 e. The molecular formula is C26H45NO20. The number of rotatable bonds is 10. The predicted octanol–water partition coefficient (Wildman–Crippen LogP) is -8.58. The second kappa shape index (κ2) is 16.2. The van der Waals surface area contributed by atoms with E-state index in [2.05, 4.69) is 5.32 Å². The van der Waals surface area contributed by atoms with Gasteiger partial charge in [-0.15, -0.1) is 0 Å². The van der Waals surface area contributed by atoms with Crippen LogP contribution in [0.1, 0.15) is 13.8 Å². The van der Waals surface area contributed by atoms with Crippen molar-refractivity contribution in [1.82, 2.24) is 5.32 Å². The SMILES string of the molecule is CC(=O)N[C@H]1[C@H](O[C@@H]2[C@@H](O)[C@@H](O[C@@H]3[C@@H](O)[C@@H](O)C(O)O[C@H]3C)O[C@H](CO)[C@@H]2O[C@@H]2O[C@H](CO)[C@@H](O)[C@H](O)[C@@H]2O)O[C@H](CO)[C@@H](O)[C@@H]1O. The largest absolute Gasteiger partial charge is 0.394 e. The van der Waals surface area contributed by atoms with E-state index < -0.39 is 148 Å². The standard InChI is InChI=1S/C26H45NO20/c1-6-20(16(36)17(37)23(40)41-6)45-26-19(39)22(47-24-11(27-7(2)31)14(34)12(32)8(3-28)42-24)21(10(5-30)44-26)46-25-18(38)15(35)13(33)9(4-29)43-25/h6,8-26,28-30,32-40H,3-5H2,1-2H3,(H,27,31)/t6-,8+,9+,10+,11+,12+,13+,14+,15-,16-,17+,18-,19+,20-,21-,22+,23?,24-,25-,26+/m0/s1. The minimum atomic E-state index is -2.02. The number of hydrogen-bond acceptors (Lipinski definition) is 20. The number of carbonyl (C=O) groups is 1. The molecule has 4 aliphatic heterocycles. The summed E-state index contributed by atoms with van der Waals surface area (Å²) >= 11 is 0. The van der Waals surface area contributed by atoms with Gasteiger partial charge >= 0.3 is 0 Å². The maximum absolute atomic E-state index is 12.0. The maximum atomic E-state index is 12.0. The summed E-state index contributed by atoms with van der Waals surface area (Å²) in [5.74, 6) is -0.710. The molecule has 4 heterocycles. The van der Waals surface area contributed by atoms with Gasteiger partial charge in [0.15, 0.2) is 25.2 Å². The third-order valence-corrected chi connectivity index (χ3v) is 8.56. The van der Waals surface area contributed by atoms with E-state index in [-0.39, 0.29) is 0 Å². The van der Waals surface area contributed by atoms with E-state index in [9.17, 15) is 66.1 Å². The molecule has 0 spiro atoms. The number of ether oxygens (including phenoxy) is 7. The van der Waals surface area contributed by atoms with E-state index >= 15 is 0 Å². The number of nitrogens with one attached hydrogen (secondary N) is 1. The van der Waals surface area contributed by atoms with E-state index in [1.54, 1.807) is 0 Å². The number of aliphatic hydroxyl groups is 12. The molecule has 4 aliphatic rings. The van der Waals surface area contributed by atoms with Gasteiger partial charge in [-0.25, -0.2) is 0 Å². The van der Waals surface area contributed by atoms with Crippen LogP contribution in [0, 0.1) is 0 Å². The average molecular weight is 692 g/mol. The van der Waals surface area contributed by atoms with Crippen LogP contribution in [-0.2, 0) is 38.0 Å². The maximum Gasteiger partial charge on any atom is 0.217 e. The Bertz CT molecular complexity index is 1010. The van der Waals surface area contributed by atoms with Gasteiger partial charge in [-0.05, 0) is 6.92 Å². The summed E-state index contributed by atoms with van der Waals surface area (Å²) in [6.07, 6.45) is -32.6. The van der Waals surface area contributed by atoms with Gasteiger partial charge in [0.05, 0.1) is 25.9 Å². The molecule has 21 nitrogen and oxygen atoms in total. The van der Waals surface area contributed by atoms with Crippen LogP contribution in [0.2, 0.25) is 0 Å². The number of hydrogen-bond donors (Lipinski definition) is 13. The van der Waals surface area contributed by atoms with Crippen LogP contribution in [0.3, 0.4) is 0 Å². The fourth-order valence-electron chi connectivity index (χ4n) is 5.91. The lowest BCUT2D eigenvalue weighted by Gasteiger charge is -2.50. The lowest BCUT2D eigenvalue weighted by Crippen LogP contribution is -2.69. The van der Waals surface area contributed by atoms with Gasteiger partial charge in [0.25, 0.3) is 0 Å². The number of carbonyl (C=O) groups excluding carboxylic acids is 1. The Balaban J connectivity index is 1.68. The van der Waals surface area contributed by atoms with E-state index in [0.29, 0.717) is 0 Å². The summed E-state index contributed by atoms with van der Waals surface area (Å²) in [4.78, 5) is 12.0. The first kappa shape index (κ1) is 38.5. The highest BCUT2D eigenvalue weighted by atomic mass is 16.8. The zero-order valence-corrected chi connectivity index (χ0v) is 25.3. The summed E-state index contributed by atoms with van der Waals surface area (Å²) in [5.41, 5.74) is 0. The molecule has 13 N–H and O–H groups in total. The van der Waals surface area contributed by atoms with Crippen molar-refractivity contribution < 1.29 is 99.2 Å². The minimum absolute atomic E-state index is 0.710. The third kappa shape index (κ3) is 8.04. The highest BCUT2D eigenvalue weighted by molar-refractivity contribution is 5.73. The molecule has 1 amide bonds. The van der Waals surface area contributed by atoms with Crippen molar-refractivity contribution in [2.45, 2.75) is 137 Å². The minimum Gasteiger partial charge on any atom is -0.394 e. The van der Waals surface area contributed by atoms with Crippen molar-refractivity contribution in [2.75, 3.05) is 19.8 Å². The highest BCUT2D eigenvalue weighted by Crippen LogP contribution is 2.35. The van der Waals surface area contributed by atoms with Crippen LogP contribution in [0.5, 0.6) is 0 Å². The molecule has 1 unspecified atom stereocenters. The third-order valence-electron chi connectivity index (χ3n) is 8.56. The summed E-state index contributed by atoms with van der Waals surface area (Å²) in [6.45, 7) is -0.122. The topological polar surface area (TPSA) is 336 Å². The van der Waals surface area contributed by atoms with Crippen molar-refractivity contribution in [2.24, 2.45) is 0 Å². The lowest BCUT2D eigenvalue weighted by molar-refractivity contribution is -0.393. The monoisotopic (exact) mass is 691 g/mol. The van der Waals surface area contributed by atoms with Crippen LogP contribution in [-0.4, -0.2) is 210 Å². The Morgan fingerprint density at radius 3 is 1.62 bits per heavy atom. The molecule has 4 saturated heterocycles. The fourth-order valence-corrected chi connectivity index (χ4v) is 5.91. The van der Waals surface area contributed by atoms with Crippen LogP contribution in [0.25, 0.3) is 0 Å². The molecular weight excluding hydrogens is 646 g/mol. The summed E-state index contributed by atoms with van der Waals surface area (Å²) in [7, 11) is 0. The molecule has 0 aromatic heterocycles. The molecule has 0 aliphatic carbocycles. The van der Waals surface area contributed by atoms with Gasteiger partial charge in [-0.3, -0.25) is 4.79 Å². The molecule has 0 radical (unpaired) electrons. The summed E-state index contributed by atoms with van der Waals surface area (Å²) < 4.78 is 39.5. The Morgan fingerprint density at radius 2 is 1.04 bits per heavy atom. The van der Waals surface area contributed by atoms with Crippen LogP contribution in [0.15, 0.2) is 0 Å². The van der Waals surface area contributed by atoms with Crippen LogP contribution < -0.4 is 5.32 Å². The van der Waals surface area contributed by atoms with Crippen LogP contribution >= 0.6 is 0 Å². The lowest BCUT2D eigenvalue weighted by atomic mass is 9.94. The molecule has 4 rings (SSSR count). The van der Waals surface area contributed by atoms with Gasteiger partial charge in [0, 0.05) is 6.92 Å². The molecule has 21 heteroatoms. The molecule has 47 heavy (non-hydrogen) atoms. The molecule has 4 fully saturated rings. The van der Waals surface area contributed by atoms with Gasteiger partial charge in [0.2, 0.25) is 5.91 Å². The zero-order valence-electron chi connectivity index (χ0n) is 25.3. The molecule has 0 saturated carbocycles. The first-order valence-electron chi connectivity index (χ1n) is 15.0. The predicted molar refractivity (Wildman–Crippen MR) is 144 cm³/mol. The van der Waals surface area contributed by atoms with E-state index in [1.165, 1.54) is 6.92 Å². The summed E-state index contributed by atoms with van der Waals surface area (Å²) in [6, 6.07) is -1.54. The van der Waals surface area contributed by atoms with Gasteiger partial charge in [0.1, 0.15) is 91.5 Å². The normalized spacial score (nSPS) is 51.0. The molecule has 274 valence electrons. The van der Waals surface area contributed by atoms with E-state index in [0.717, 1.165) is 6.92 Å². The van der Waals surface area contributed by atoms with Gasteiger partial charge < -0.3 is 99.8 Å². The quantitative estimate of drug-likeness (QED) is 0.101. The molecule has 0 bridgehead atoms. The zero-order chi connectivity index (χ0) is 34.9. The first-order valence-corrected chi connectivity index (χ1v) is 15.0. The first-order chi connectivity index (χ1) is 22.1. The Hall–Kier alpha value is -1.29. The van der Waals surface area contributed by atoms with Gasteiger partial charge in [-0.2, -0.15) is 0 Å². The van der Waals surface area contributed by atoms with Crippen LogP contribution in [0.4, 0.5) is 0 Å². The molecule has 0 aromatic carbocycles. The Morgan fingerprint density at radius 1 is 0.553 bits per heavy atom. The van der Waals surface area contributed by atoms with Crippen molar-refractivity contribution in [1.29, 1.82) is 0 Å². The Kier molecular flexibility index (Phi) is 13.2. The van der Waals surface area contributed by atoms with Crippen molar-refractivity contribution in [3.63, 3.8) is 0 Å². The molecule has 0 aromatic rings.